The molecule has 0 saturated heterocycles. The van der Waals surface area contributed by atoms with Crippen LogP contribution in [0.15, 0.2) is 72.8 Å². The molecule has 0 radical (unpaired) electrons. The summed E-state index contributed by atoms with van der Waals surface area (Å²) in [5, 5.41) is 34.3. The summed E-state index contributed by atoms with van der Waals surface area (Å²) in [4.78, 5) is 19.1. The monoisotopic (exact) mass is 504 g/mol. The fraction of sp³-hybridized carbons (Fsp3) is 0.429. The van der Waals surface area contributed by atoms with Crippen molar-refractivity contribution in [1.29, 1.82) is 0 Å². The van der Waals surface area contributed by atoms with Crippen molar-refractivity contribution in [2.45, 2.75) is 39.1 Å². The maximum atomic E-state index is 9.55. The Hall–Kier alpha value is -3.04. The van der Waals surface area contributed by atoms with Crippen molar-refractivity contribution >= 4 is 11.9 Å². The fourth-order valence-corrected chi connectivity index (χ4v) is 3.86. The van der Waals surface area contributed by atoms with Gasteiger partial charge >= 0.3 is 11.9 Å². The van der Waals surface area contributed by atoms with E-state index in [1.807, 2.05) is 26.0 Å². The van der Waals surface area contributed by atoms with Gasteiger partial charge in [0.2, 0.25) is 0 Å². The van der Waals surface area contributed by atoms with E-state index in [9.17, 15) is 19.8 Å². The second-order valence-corrected chi connectivity index (χ2v) is 10.2. The predicted molar refractivity (Wildman–Crippen MR) is 142 cm³/mol. The lowest BCUT2D eigenvalue weighted by Crippen LogP contribution is -2.43. The molecule has 2 rings (SSSR count). The highest BCUT2D eigenvalue weighted by Crippen LogP contribution is 2.10. The zero-order valence-electron chi connectivity index (χ0n) is 22.4. The van der Waals surface area contributed by atoms with Gasteiger partial charge < -0.3 is 29.4 Å². The number of aliphatic hydroxyl groups is 2. The van der Waals surface area contributed by atoms with Gasteiger partial charge in [0.1, 0.15) is 38.4 Å². The summed E-state index contributed by atoms with van der Waals surface area (Å²) in [5.41, 5.74) is 2.64. The van der Waals surface area contributed by atoms with Gasteiger partial charge in [0, 0.05) is 23.3 Å². The molecule has 4 N–H and O–H groups in total. The molecule has 0 spiro atoms. The van der Waals surface area contributed by atoms with Crippen molar-refractivity contribution in [3.63, 3.8) is 0 Å². The highest BCUT2D eigenvalue weighted by atomic mass is 16.4. The lowest BCUT2D eigenvalue weighted by atomic mass is 10.2. The lowest BCUT2D eigenvalue weighted by molar-refractivity contribution is -0.906. The van der Waals surface area contributed by atoms with Gasteiger partial charge in [-0.3, -0.25) is 0 Å². The average Bonchev–Trinajstić information content (AvgIpc) is 2.72. The van der Waals surface area contributed by atoms with E-state index in [0.717, 1.165) is 35.1 Å². The first-order valence-electron chi connectivity index (χ1n) is 11.8. The Morgan fingerprint density at radius 3 is 1.17 bits per heavy atom. The molecule has 2 unspecified atom stereocenters. The van der Waals surface area contributed by atoms with Gasteiger partial charge in [0.05, 0.1) is 28.2 Å². The molecule has 200 valence electrons. The van der Waals surface area contributed by atoms with Crippen molar-refractivity contribution in [1.82, 2.24) is 0 Å². The van der Waals surface area contributed by atoms with Gasteiger partial charge in [-0.15, -0.1) is 0 Å². The molecule has 36 heavy (non-hydrogen) atoms. The van der Waals surface area contributed by atoms with Gasteiger partial charge in [-0.2, -0.15) is 0 Å². The van der Waals surface area contributed by atoms with Crippen LogP contribution >= 0.6 is 0 Å². The zero-order chi connectivity index (χ0) is 27.8. The maximum Gasteiger partial charge on any atom is 0.328 e. The normalized spacial score (nSPS) is 13.0. The van der Waals surface area contributed by atoms with Crippen molar-refractivity contribution in [2.75, 3.05) is 41.3 Å². The predicted octanol–water partition coefficient (Wildman–Crippen LogP) is 3.00. The average molecular weight is 505 g/mol. The van der Waals surface area contributed by atoms with E-state index >= 15 is 0 Å². The molecule has 0 aliphatic rings. The van der Waals surface area contributed by atoms with Crippen LogP contribution in [0.5, 0.6) is 0 Å². The highest BCUT2D eigenvalue weighted by Gasteiger charge is 2.18. The molecule has 2 atom stereocenters. The van der Waals surface area contributed by atoms with E-state index in [4.69, 9.17) is 10.2 Å². The van der Waals surface area contributed by atoms with Gasteiger partial charge in [-0.25, -0.2) is 9.59 Å². The van der Waals surface area contributed by atoms with Crippen molar-refractivity contribution in [3.8, 4) is 0 Å². The number of aliphatic hydroxyl groups excluding tert-OH is 2. The molecular formula is C28H44N2O6+2. The van der Waals surface area contributed by atoms with Crippen molar-refractivity contribution in [3.05, 3.63) is 83.9 Å². The SMILES string of the molecule is CC(O)C[N+](C)(C)Cc1ccccc1.CC(O)C[N+](C)(C)Cc1ccccc1.O=C(O)/C=C\C(=O)O. The molecular weight excluding hydrogens is 460 g/mol. The van der Waals surface area contributed by atoms with Crippen LogP contribution in [0.4, 0.5) is 0 Å². The van der Waals surface area contributed by atoms with Crippen LogP contribution in [0.1, 0.15) is 25.0 Å². The Balaban J connectivity index is 0.000000533. The van der Waals surface area contributed by atoms with Crippen molar-refractivity contribution in [2.24, 2.45) is 0 Å². The number of carboxylic acids is 2. The highest BCUT2D eigenvalue weighted by molar-refractivity contribution is 5.89. The summed E-state index contributed by atoms with van der Waals surface area (Å²) in [5.74, 6) is -2.51. The molecule has 0 bridgehead atoms. The number of carboxylic acid groups (broad SMARTS) is 2. The fourth-order valence-electron chi connectivity index (χ4n) is 3.86. The smallest absolute Gasteiger partial charge is 0.328 e. The van der Waals surface area contributed by atoms with Gasteiger partial charge in [0.25, 0.3) is 0 Å². The summed E-state index contributed by atoms with van der Waals surface area (Å²) >= 11 is 0. The van der Waals surface area contributed by atoms with E-state index in [1.54, 1.807) is 0 Å². The van der Waals surface area contributed by atoms with Crippen LogP contribution in [-0.2, 0) is 22.7 Å². The molecule has 2 aromatic rings. The van der Waals surface area contributed by atoms with E-state index in [2.05, 4.69) is 76.7 Å². The minimum absolute atomic E-state index is 0.242. The molecule has 0 aliphatic heterocycles. The lowest BCUT2D eigenvalue weighted by Gasteiger charge is -2.31. The summed E-state index contributed by atoms with van der Waals surface area (Å²) in [6.45, 7) is 7.18. The number of hydrogen-bond donors (Lipinski definition) is 4. The Labute approximate surface area is 215 Å². The number of hydrogen-bond acceptors (Lipinski definition) is 4. The number of nitrogens with zero attached hydrogens (tertiary/aromatic N) is 2. The Morgan fingerprint density at radius 1 is 0.667 bits per heavy atom. The number of likely N-dealkylation sites (N-methyl/N-ethyl adjacent to an activating group) is 2. The molecule has 0 amide bonds. The Bertz CT molecular complexity index is 835. The number of benzene rings is 2. The second-order valence-electron chi connectivity index (χ2n) is 10.2. The van der Waals surface area contributed by atoms with Gasteiger partial charge in [-0.05, 0) is 13.8 Å². The van der Waals surface area contributed by atoms with E-state index in [0.29, 0.717) is 12.2 Å². The Morgan fingerprint density at radius 2 is 0.944 bits per heavy atom. The van der Waals surface area contributed by atoms with Crippen LogP contribution in [0.2, 0.25) is 0 Å². The topological polar surface area (TPSA) is 115 Å². The number of quaternary nitrogens is 2. The van der Waals surface area contributed by atoms with Crippen LogP contribution in [-0.4, -0.2) is 94.8 Å². The van der Waals surface area contributed by atoms with E-state index in [-0.39, 0.29) is 12.2 Å². The van der Waals surface area contributed by atoms with Crippen LogP contribution in [0, 0.1) is 0 Å². The first-order chi connectivity index (χ1) is 16.6. The largest absolute Gasteiger partial charge is 0.478 e. The first-order valence-corrected chi connectivity index (χ1v) is 11.8. The minimum atomic E-state index is -1.26. The zero-order valence-corrected chi connectivity index (χ0v) is 22.4. The third kappa shape index (κ3) is 19.3. The summed E-state index contributed by atoms with van der Waals surface area (Å²) in [6, 6.07) is 20.8. The molecule has 0 saturated carbocycles. The van der Waals surface area contributed by atoms with Gasteiger partial charge in [-0.1, -0.05) is 60.7 Å². The van der Waals surface area contributed by atoms with Gasteiger partial charge in [0.15, 0.2) is 0 Å². The molecule has 0 aliphatic carbocycles. The van der Waals surface area contributed by atoms with E-state index < -0.39 is 11.9 Å². The van der Waals surface area contributed by atoms with Crippen molar-refractivity contribution < 1.29 is 39.0 Å². The minimum Gasteiger partial charge on any atom is -0.478 e. The Kier molecular flexibility index (Phi) is 15.2. The first kappa shape index (κ1) is 33.0. The third-order valence-corrected chi connectivity index (χ3v) is 4.79. The second kappa shape index (κ2) is 16.6. The molecule has 8 heteroatoms. The summed E-state index contributed by atoms with van der Waals surface area (Å²) in [7, 11) is 8.55. The molecule has 8 nitrogen and oxygen atoms in total. The number of carbonyl (C=O) groups is 2. The van der Waals surface area contributed by atoms with Crippen LogP contribution in [0.3, 0.4) is 0 Å². The molecule has 0 fully saturated rings. The van der Waals surface area contributed by atoms with E-state index in [1.165, 1.54) is 11.1 Å². The number of rotatable bonds is 10. The maximum absolute atomic E-state index is 9.55. The number of aliphatic carboxylic acids is 2. The standard InChI is InChI=1S/2C12H20NO.C4H4O4/c2*1-11(14)9-13(2,3)10-12-7-5-4-6-8-12;5-3(6)1-2-4(7)8/h2*4-8,11,14H,9-10H2,1-3H3;1-2H,(H,5,6)(H,7,8)/q2*+1;/b;;2-1-. The summed E-state index contributed by atoms with van der Waals surface area (Å²) in [6.07, 6.45) is 0.632. The molecule has 2 aromatic carbocycles. The molecule has 0 aromatic heterocycles. The summed E-state index contributed by atoms with van der Waals surface area (Å²) < 4.78 is 1.64. The van der Waals surface area contributed by atoms with Crippen LogP contribution < -0.4 is 0 Å². The van der Waals surface area contributed by atoms with Crippen LogP contribution in [0.25, 0.3) is 0 Å². The molecule has 0 heterocycles. The third-order valence-electron chi connectivity index (χ3n) is 4.79. The quantitative estimate of drug-likeness (QED) is 0.292.